The lowest BCUT2D eigenvalue weighted by atomic mass is 9.81. The quantitative estimate of drug-likeness (QED) is 0.669. The highest BCUT2D eigenvalue weighted by atomic mass is 15.1. The van der Waals surface area contributed by atoms with E-state index in [1.54, 1.807) is 0 Å². The van der Waals surface area contributed by atoms with Gasteiger partial charge in [-0.25, -0.2) is 4.98 Å². The molecule has 2 heteroatoms. The molecule has 78 valence electrons. The third-order valence-corrected chi connectivity index (χ3v) is 2.93. The van der Waals surface area contributed by atoms with E-state index in [-0.39, 0.29) is 0 Å². The average Bonchev–Trinajstić information content (AvgIpc) is 2.47. The first kappa shape index (κ1) is 9.75. The van der Waals surface area contributed by atoms with Gasteiger partial charge < -0.3 is 4.57 Å². The highest BCUT2D eigenvalue weighted by molar-refractivity contribution is 4.97. The Morgan fingerprint density at radius 1 is 1.50 bits per heavy atom. The lowest BCUT2D eigenvalue weighted by molar-refractivity contribution is 0.241. The van der Waals surface area contributed by atoms with Crippen LogP contribution >= 0.6 is 0 Å². The first-order chi connectivity index (χ1) is 6.54. The number of aromatic nitrogens is 2. The lowest BCUT2D eigenvalue weighted by Crippen LogP contribution is -2.24. The summed E-state index contributed by atoms with van der Waals surface area (Å²) in [5, 5.41) is 0. The summed E-state index contributed by atoms with van der Waals surface area (Å²) in [6.07, 6.45) is 7.84. The molecule has 2 rings (SSSR count). The molecule has 1 aliphatic heterocycles. The monoisotopic (exact) mass is 192 g/mol. The molecular formula is C12H20N2. The Labute approximate surface area is 86.3 Å². The normalized spacial score (nSPS) is 22.1. The van der Waals surface area contributed by atoms with Crippen LogP contribution in [0.15, 0.2) is 12.4 Å². The van der Waals surface area contributed by atoms with Crippen molar-refractivity contribution in [3.8, 4) is 0 Å². The van der Waals surface area contributed by atoms with Crippen molar-refractivity contribution >= 4 is 0 Å². The van der Waals surface area contributed by atoms with Crippen LogP contribution in [-0.2, 0) is 13.0 Å². The van der Waals surface area contributed by atoms with Crippen molar-refractivity contribution in [3.05, 3.63) is 18.2 Å². The number of imidazole rings is 1. The number of rotatable bonds is 1. The van der Waals surface area contributed by atoms with E-state index in [2.05, 4.69) is 36.5 Å². The van der Waals surface area contributed by atoms with E-state index < -0.39 is 0 Å². The van der Waals surface area contributed by atoms with Crippen LogP contribution in [0.2, 0.25) is 0 Å². The first-order valence-corrected chi connectivity index (χ1v) is 5.55. The number of hydrogen-bond donors (Lipinski definition) is 0. The Kier molecular flexibility index (Phi) is 2.38. The van der Waals surface area contributed by atoms with Gasteiger partial charge in [-0.3, -0.25) is 0 Å². The molecule has 0 spiro atoms. The molecule has 0 N–H and O–H groups in total. The molecule has 14 heavy (non-hydrogen) atoms. The number of aryl methyl sites for hydroxylation is 1. The summed E-state index contributed by atoms with van der Waals surface area (Å²) in [7, 11) is 0. The molecule has 1 atom stereocenters. The van der Waals surface area contributed by atoms with Crippen molar-refractivity contribution in [2.45, 2.75) is 46.6 Å². The van der Waals surface area contributed by atoms with Crippen LogP contribution in [0.3, 0.4) is 0 Å². The van der Waals surface area contributed by atoms with Gasteiger partial charge in [0, 0.05) is 25.4 Å². The van der Waals surface area contributed by atoms with Crippen molar-refractivity contribution < 1.29 is 0 Å². The minimum absolute atomic E-state index is 0.461. The predicted molar refractivity (Wildman–Crippen MR) is 58.1 cm³/mol. The summed E-state index contributed by atoms with van der Waals surface area (Å²) in [6.45, 7) is 8.16. The van der Waals surface area contributed by atoms with Crippen LogP contribution < -0.4 is 0 Å². The number of hydrogen-bond acceptors (Lipinski definition) is 1. The van der Waals surface area contributed by atoms with Crippen LogP contribution in [0.1, 0.15) is 39.4 Å². The van der Waals surface area contributed by atoms with Gasteiger partial charge in [-0.2, -0.15) is 0 Å². The van der Waals surface area contributed by atoms with Gasteiger partial charge in [-0.15, -0.1) is 0 Å². The van der Waals surface area contributed by atoms with Crippen molar-refractivity contribution in [2.24, 2.45) is 11.3 Å². The summed E-state index contributed by atoms with van der Waals surface area (Å²) in [5.41, 5.74) is 0.461. The summed E-state index contributed by atoms with van der Waals surface area (Å²) in [5.74, 6) is 2.12. The first-order valence-electron chi connectivity index (χ1n) is 5.55. The minimum atomic E-state index is 0.461. The third kappa shape index (κ3) is 2.17. The molecule has 1 aliphatic rings. The van der Waals surface area contributed by atoms with E-state index in [4.69, 9.17) is 0 Å². The fourth-order valence-electron chi connectivity index (χ4n) is 2.47. The molecule has 0 radical (unpaired) electrons. The number of fused-ring (bicyclic) bond motifs is 1. The van der Waals surface area contributed by atoms with Gasteiger partial charge in [0.25, 0.3) is 0 Å². The van der Waals surface area contributed by atoms with Crippen molar-refractivity contribution in [1.29, 1.82) is 0 Å². The molecule has 0 fully saturated rings. The lowest BCUT2D eigenvalue weighted by Gasteiger charge is -2.29. The van der Waals surface area contributed by atoms with Gasteiger partial charge >= 0.3 is 0 Å². The molecule has 0 saturated carbocycles. The predicted octanol–water partition coefficient (Wildman–Crippen LogP) is 2.88. The Morgan fingerprint density at radius 3 is 3.00 bits per heavy atom. The summed E-state index contributed by atoms with van der Waals surface area (Å²) in [4.78, 5) is 4.35. The van der Waals surface area contributed by atoms with Gasteiger partial charge in [-0.1, -0.05) is 20.8 Å². The highest BCUT2D eigenvalue weighted by Gasteiger charge is 2.23. The maximum absolute atomic E-state index is 4.35. The molecule has 0 aromatic carbocycles. The Balaban J connectivity index is 2.01. The second-order valence-corrected chi connectivity index (χ2v) is 5.67. The van der Waals surface area contributed by atoms with E-state index in [0.717, 1.165) is 12.3 Å². The summed E-state index contributed by atoms with van der Waals surface area (Å²) >= 11 is 0. The zero-order valence-electron chi connectivity index (χ0n) is 9.45. The van der Waals surface area contributed by atoms with Crippen LogP contribution in [0.25, 0.3) is 0 Å². The van der Waals surface area contributed by atoms with Gasteiger partial charge in [0.1, 0.15) is 5.82 Å². The van der Waals surface area contributed by atoms with E-state index in [9.17, 15) is 0 Å². The topological polar surface area (TPSA) is 17.8 Å². The fourth-order valence-corrected chi connectivity index (χ4v) is 2.47. The van der Waals surface area contributed by atoms with Crippen LogP contribution in [-0.4, -0.2) is 9.55 Å². The summed E-state index contributed by atoms with van der Waals surface area (Å²) in [6, 6.07) is 0. The van der Waals surface area contributed by atoms with E-state index >= 15 is 0 Å². The zero-order chi connectivity index (χ0) is 10.2. The Hall–Kier alpha value is -0.790. The SMILES string of the molecule is CC(C)(C)CC1CCc2nccn2C1. The molecule has 0 amide bonds. The number of nitrogens with zero attached hydrogens (tertiary/aromatic N) is 2. The van der Waals surface area contributed by atoms with E-state index in [1.807, 2.05) is 6.20 Å². The van der Waals surface area contributed by atoms with Crippen molar-refractivity contribution in [3.63, 3.8) is 0 Å². The fraction of sp³-hybridized carbons (Fsp3) is 0.750. The molecule has 1 aromatic heterocycles. The average molecular weight is 192 g/mol. The molecule has 2 heterocycles. The van der Waals surface area contributed by atoms with Gasteiger partial charge in [0.2, 0.25) is 0 Å². The maximum atomic E-state index is 4.35. The minimum Gasteiger partial charge on any atom is -0.335 e. The van der Waals surface area contributed by atoms with Crippen LogP contribution in [0, 0.1) is 11.3 Å². The molecule has 0 aliphatic carbocycles. The maximum Gasteiger partial charge on any atom is 0.108 e. The molecule has 0 saturated heterocycles. The van der Waals surface area contributed by atoms with Gasteiger partial charge in [-0.05, 0) is 24.2 Å². The highest BCUT2D eigenvalue weighted by Crippen LogP contribution is 2.30. The van der Waals surface area contributed by atoms with Crippen LogP contribution in [0.5, 0.6) is 0 Å². The second-order valence-electron chi connectivity index (χ2n) is 5.67. The third-order valence-electron chi connectivity index (χ3n) is 2.93. The molecule has 1 unspecified atom stereocenters. The van der Waals surface area contributed by atoms with E-state index in [0.29, 0.717) is 5.41 Å². The van der Waals surface area contributed by atoms with E-state index in [1.165, 1.54) is 25.2 Å². The van der Waals surface area contributed by atoms with Crippen LogP contribution in [0.4, 0.5) is 0 Å². The molecule has 2 nitrogen and oxygen atoms in total. The second kappa shape index (κ2) is 3.41. The van der Waals surface area contributed by atoms with Gasteiger partial charge in [0.05, 0.1) is 0 Å². The van der Waals surface area contributed by atoms with Crippen molar-refractivity contribution in [1.82, 2.24) is 9.55 Å². The molecule has 0 bridgehead atoms. The molecule has 1 aromatic rings. The Morgan fingerprint density at radius 2 is 2.29 bits per heavy atom. The smallest absolute Gasteiger partial charge is 0.108 e. The van der Waals surface area contributed by atoms with Crippen molar-refractivity contribution in [2.75, 3.05) is 0 Å². The van der Waals surface area contributed by atoms with Gasteiger partial charge in [0.15, 0.2) is 0 Å². The largest absolute Gasteiger partial charge is 0.335 e. The molecular weight excluding hydrogens is 172 g/mol. The zero-order valence-corrected chi connectivity index (χ0v) is 9.45. The standard InChI is InChI=1S/C12H20N2/c1-12(2,3)8-10-4-5-11-13-6-7-14(11)9-10/h6-7,10H,4-5,8-9H2,1-3H3. The Bertz CT molecular complexity index is 306. The summed E-state index contributed by atoms with van der Waals surface area (Å²) < 4.78 is 2.32.